The Kier molecular flexibility index (Phi) is 5.73. The lowest BCUT2D eigenvalue weighted by Crippen LogP contribution is -2.57. The van der Waals surface area contributed by atoms with Crippen LogP contribution in [0.5, 0.6) is 0 Å². The Morgan fingerprint density at radius 3 is 2.50 bits per heavy atom. The second kappa shape index (κ2) is 6.58. The number of likely N-dealkylation sites (N-methyl/N-ethyl adjacent to an activating group) is 2. The summed E-state index contributed by atoms with van der Waals surface area (Å²) in [5, 5.41) is 3.34. The molecule has 3 heteroatoms. The summed E-state index contributed by atoms with van der Waals surface area (Å²) in [6.07, 6.45) is 1.26. The van der Waals surface area contributed by atoms with Crippen molar-refractivity contribution in [3.05, 3.63) is 0 Å². The van der Waals surface area contributed by atoms with Crippen LogP contribution in [0.1, 0.15) is 27.2 Å². The Balaban J connectivity index is 2.57. The van der Waals surface area contributed by atoms with Crippen molar-refractivity contribution in [2.24, 2.45) is 5.92 Å². The van der Waals surface area contributed by atoms with E-state index in [2.05, 4.69) is 50.0 Å². The fourth-order valence-corrected chi connectivity index (χ4v) is 2.71. The summed E-state index contributed by atoms with van der Waals surface area (Å²) >= 11 is 0. The third-order valence-electron chi connectivity index (χ3n) is 3.93. The van der Waals surface area contributed by atoms with Crippen LogP contribution in [-0.2, 0) is 0 Å². The van der Waals surface area contributed by atoms with Gasteiger partial charge >= 0.3 is 0 Å². The molecule has 0 radical (unpaired) electrons. The molecule has 0 bridgehead atoms. The molecule has 0 spiro atoms. The van der Waals surface area contributed by atoms with E-state index in [1.54, 1.807) is 0 Å². The molecule has 3 nitrogen and oxygen atoms in total. The molecule has 0 aliphatic carbocycles. The zero-order chi connectivity index (χ0) is 12.1. The molecule has 1 N–H and O–H groups in total. The molecule has 1 aliphatic rings. The quantitative estimate of drug-likeness (QED) is 0.763. The van der Waals surface area contributed by atoms with Gasteiger partial charge in [-0.2, -0.15) is 0 Å². The van der Waals surface area contributed by atoms with E-state index in [0.717, 1.165) is 18.5 Å². The lowest BCUT2D eigenvalue weighted by molar-refractivity contribution is 0.0472. The van der Waals surface area contributed by atoms with Crippen LogP contribution in [0.3, 0.4) is 0 Å². The van der Waals surface area contributed by atoms with Crippen molar-refractivity contribution in [1.82, 2.24) is 15.1 Å². The fourth-order valence-electron chi connectivity index (χ4n) is 2.71. The molecule has 96 valence electrons. The van der Waals surface area contributed by atoms with E-state index in [4.69, 9.17) is 0 Å². The molecular weight excluding hydrogens is 198 g/mol. The number of piperazine rings is 1. The molecule has 2 unspecified atom stereocenters. The molecule has 0 amide bonds. The summed E-state index contributed by atoms with van der Waals surface area (Å²) in [7, 11) is 4.32. The first-order valence-corrected chi connectivity index (χ1v) is 6.69. The molecule has 1 saturated heterocycles. The Morgan fingerprint density at radius 2 is 2.00 bits per heavy atom. The van der Waals surface area contributed by atoms with Crippen molar-refractivity contribution >= 4 is 0 Å². The van der Waals surface area contributed by atoms with E-state index in [1.807, 2.05) is 0 Å². The zero-order valence-corrected chi connectivity index (χ0v) is 11.7. The molecule has 0 saturated carbocycles. The average Bonchev–Trinajstić information content (AvgIpc) is 2.26. The monoisotopic (exact) mass is 227 g/mol. The van der Waals surface area contributed by atoms with Gasteiger partial charge < -0.3 is 10.2 Å². The van der Waals surface area contributed by atoms with E-state index in [-0.39, 0.29) is 0 Å². The molecule has 16 heavy (non-hydrogen) atoms. The van der Waals surface area contributed by atoms with Crippen molar-refractivity contribution in [2.75, 3.05) is 40.3 Å². The molecule has 2 atom stereocenters. The van der Waals surface area contributed by atoms with Crippen LogP contribution < -0.4 is 5.32 Å². The molecular formula is C13H29N3. The van der Waals surface area contributed by atoms with E-state index in [1.165, 1.54) is 26.1 Å². The highest BCUT2D eigenvalue weighted by Crippen LogP contribution is 2.17. The van der Waals surface area contributed by atoms with Gasteiger partial charge in [-0.05, 0) is 26.4 Å². The van der Waals surface area contributed by atoms with Gasteiger partial charge in [0, 0.05) is 38.3 Å². The van der Waals surface area contributed by atoms with Gasteiger partial charge in [-0.25, -0.2) is 0 Å². The summed E-state index contributed by atoms with van der Waals surface area (Å²) in [4.78, 5) is 5.18. The molecule has 0 aromatic carbocycles. The minimum atomic E-state index is 0.688. The minimum Gasteiger partial charge on any atom is -0.318 e. The van der Waals surface area contributed by atoms with Gasteiger partial charge in [0.05, 0.1) is 0 Å². The van der Waals surface area contributed by atoms with E-state index in [0.29, 0.717) is 6.04 Å². The molecule has 1 fully saturated rings. The predicted molar refractivity (Wildman–Crippen MR) is 70.8 cm³/mol. The van der Waals surface area contributed by atoms with E-state index >= 15 is 0 Å². The number of hydrogen-bond acceptors (Lipinski definition) is 3. The standard InChI is InChI=1S/C13H29N3/c1-6-12-10-16(8-7-15(12)5)13(9-14-4)11(2)3/h11-14H,6-10H2,1-5H3. The summed E-state index contributed by atoms with van der Waals surface area (Å²) in [6.45, 7) is 11.7. The van der Waals surface area contributed by atoms with Gasteiger partial charge in [0.15, 0.2) is 0 Å². The lowest BCUT2D eigenvalue weighted by atomic mass is 9.99. The van der Waals surface area contributed by atoms with Gasteiger partial charge in [-0.15, -0.1) is 0 Å². The summed E-state index contributed by atoms with van der Waals surface area (Å²) in [5.41, 5.74) is 0. The Labute approximate surface area is 101 Å². The molecule has 1 rings (SSSR count). The minimum absolute atomic E-state index is 0.688. The molecule has 1 heterocycles. The zero-order valence-electron chi connectivity index (χ0n) is 11.7. The Hall–Kier alpha value is -0.120. The van der Waals surface area contributed by atoms with Gasteiger partial charge in [0.1, 0.15) is 0 Å². The first kappa shape index (κ1) is 13.9. The van der Waals surface area contributed by atoms with Crippen molar-refractivity contribution < 1.29 is 0 Å². The van der Waals surface area contributed by atoms with Crippen LogP contribution in [0.4, 0.5) is 0 Å². The number of rotatable bonds is 5. The number of hydrogen-bond donors (Lipinski definition) is 1. The van der Waals surface area contributed by atoms with Crippen LogP contribution in [-0.4, -0.2) is 62.2 Å². The van der Waals surface area contributed by atoms with Crippen molar-refractivity contribution in [3.63, 3.8) is 0 Å². The highest BCUT2D eigenvalue weighted by Gasteiger charge is 2.28. The summed E-state index contributed by atoms with van der Waals surface area (Å²) in [5.74, 6) is 0.730. The highest BCUT2D eigenvalue weighted by atomic mass is 15.3. The third-order valence-corrected chi connectivity index (χ3v) is 3.93. The molecule has 1 aliphatic heterocycles. The predicted octanol–water partition coefficient (Wildman–Crippen LogP) is 1.26. The van der Waals surface area contributed by atoms with Gasteiger partial charge in [0.2, 0.25) is 0 Å². The van der Waals surface area contributed by atoms with Gasteiger partial charge in [0.25, 0.3) is 0 Å². The van der Waals surface area contributed by atoms with E-state index < -0.39 is 0 Å². The normalized spacial score (nSPS) is 26.2. The Morgan fingerprint density at radius 1 is 1.31 bits per heavy atom. The summed E-state index contributed by atoms with van der Waals surface area (Å²) in [6, 6.07) is 1.43. The average molecular weight is 227 g/mol. The van der Waals surface area contributed by atoms with Crippen molar-refractivity contribution in [1.29, 1.82) is 0 Å². The Bertz CT molecular complexity index is 194. The summed E-state index contributed by atoms with van der Waals surface area (Å²) < 4.78 is 0. The van der Waals surface area contributed by atoms with Gasteiger partial charge in [-0.1, -0.05) is 20.8 Å². The maximum absolute atomic E-state index is 3.34. The third kappa shape index (κ3) is 3.44. The first-order valence-electron chi connectivity index (χ1n) is 6.69. The second-order valence-electron chi connectivity index (χ2n) is 5.41. The van der Waals surface area contributed by atoms with Crippen LogP contribution in [0.15, 0.2) is 0 Å². The van der Waals surface area contributed by atoms with Crippen molar-refractivity contribution in [3.8, 4) is 0 Å². The van der Waals surface area contributed by atoms with Crippen LogP contribution >= 0.6 is 0 Å². The smallest absolute Gasteiger partial charge is 0.0244 e. The molecule has 0 aromatic heterocycles. The second-order valence-corrected chi connectivity index (χ2v) is 5.41. The highest BCUT2D eigenvalue weighted by molar-refractivity contribution is 4.85. The van der Waals surface area contributed by atoms with Crippen LogP contribution in [0, 0.1) is 5.92 Å². The number of nitrogens with zero attached hydrogens (tertiary/aromatic N) is 2. The van der Waals surface area contributed by atoms with Gasteiger partial charge in [-0.3, -0.25) is 4.90 Å². The lowest BCUT2D eigenvalue weighted by Gasteiger charge is -2.44. The van der Waals surface area contributed by atoms with Crippen molar-refractivity contribution in [2.45, 2.75) is 39.3 Å². The SMILES string of the molecule is CCC1CN(C(CNC)C(C)C)CCN1C. The van der Waals surface area contributed by atoms with E-state index in [9.17, 15) is 0 Å². The molecule has 0 aromatic rings. The van der Waals surface area contributed by atoms with Crippen LogP contribution in [0.25, 0.3) is 0 Å². The number of nitrogens with one attached hydrogen (secondary N) is 1. The fraction of sp³-hybridized carbons (Fsp3) is 1.00. The topological polar surface area (TPSA) is 18.5 Å². The maximum atomic E-state index is 3.34. The van der Waals surface area contributed by atoms with Crippen LogP contribution in [0.2, 0.25) is 0 Å². The first-order chi connectivity index (χ1) is 7.60. The maximum Gasteiger partial charge on any atom is 0.0244 e. The largest absolute Gasteiger partial charge is 0.318 e.